The van der Waals surface area contributed by atoms with E-state index in [1.54, 1.807) is 0 Å². The standard InChI is InChI=1S/C16H28N4O3/c1-16(2,3)22-15(21)17-9-5-6-13-18-14(23-19-13)12-7-10-20(4)11-8-12/h12H,5-11H2,1-4H3,(H,17,21). The van der Waals surface area contributed by atoms with Gasteiger partial charge in [0, 0.05) is 18.9 Å². The topological polar surface area (TPSA) is 80.5 Å². The predicted molar refractivity (Wildman–Crippen MR) is 86.3 cm³/mol. The highest BCUT2D eigenvalue weighted by Gasteiger charge is 2.23. The molecule has 0 unspecified atom stereocenters. The number of nitrogens with zero attached hydrogens (tertiary/aromatic N) is 3. The first-order chi connectivity index (χ1) is 10.8. The number of carbonyl (C=O) groups excluding carboxylic acids is 1. The highest BCUT2D eigenvalue weighted by molar-refractivity contribution is 5.67. The quantitative estimate of drug-likeness (QED) is 0.837. The lowest BCUT2D eigenvalue weighted by molar-refractivity contribution is 0.0527. The summed E-state index contributed by atoms with van der Waals surface area (Å²) in [6, 6.07) is 0. The first kappa shape index (κ1) is 17.7. The molecule has 2 rings (SSSR count). The minimum absolute atomic E-state index is 0.382. The van der Waals surface area contributed by atoms with Crippen molar-refractivity contribution in [3.63, 3.8) is 0 Å². The molecule has 0 saturated carbocycles. The van der Waals surface area contributed by atoms with E-state index in [9.17, 15) is 4.79 Å². The molecule has 1 aliphatic rings. The number of likely N-dealkylation sites (tertiary alicyclic amines) is 1. The molecule has 0 radical (unpaired) electrons. The lowest BCUT2D eigenvalue weighted by Gasteiger charge is -2.26. The minimum atomic E-state index is -0.472. The van der Waals surface area contributed by atoms with Crippen molar-refractivity contribution in [1.29, 1.82) is 0 Å². The summed E-state index contributed by atoms with van der Waals surface area (Å²) < 4.78 is 10.6. The van der Waals surface area contributed by atoms with E-state index in [0.29, 0.717) is 24.7 Å². The summed E-state index contributed by atoms with van der Waals surface area (Å²) in [4.78, 5) is 18.3. The lowest BCUT2D eigenvalue weighted by Crippen LogP contribution is -2.33. The molecule has 0 aromatic carbocycles. The molecule has 1 aromatic heterocycles. The van der Waals surface area contributed by atoms with Gasteiger partial charge in [-0.2, -0.15) is 4.98 Å². The van der Waals surface area contributed by atoms with Crippen LogP contribution in [0.15, 0.2) is 4.52 Å². The third-order valence-electron chi connectivity index (χ3n) is 3.80. The van der Waals surface area contributed by atoms with Crippen LogP contribution in [0.25, 0.3) is 0 Å². The van der Waals surface area contributed by atoms with E-state index in [-0.39, 0.29) is 0 Å². The number of nitrogens with one attached hydrogen (secondary N) is 1. The first-order valence-corrected chi connectivity index (χ1v) is 8.31. The first-order valence-electron chi connectivity index (χ1n) is 8.31. The summed E-state index contributed by atoms with van der Waals surface area (Å²) in [5, 5.41) is 6.77. The molecule has 1 amide bonds. The summed E-state index contributed by atoms with van der Waals surface area (Å²) in [7, 11) is 2.13. The van der Waals surface area contributed by atoms with Gasteiger partial charge in [-0.15, -0.1) is 0 Å². The van der Waals surface area contributed by atoms with Crippen molar-refractivity contribution in [2.24, 2.45) is 0 Å². The molecule has 1 fully saturated rings. The van der Waals surface area contributed by atoms with Gasteiger partial charge in [-0.3, -0.25) is 0 Å². The van der Waals surface area contributed by atoms with Gasteiger partial charge < -0.3 is 19.5 Å². The van der Waals surface area contributed by atoms with E-state index in [0.717, 1.165) is 38.2 Å². The molecule has 1 aliphatic heterocycles. The Labute approximate surface area is 137 Å². The molecular weight excluding hydrogens is 296 g/mol. The predicted octanol–water partition coefficient (Wildman–Crippen LogP) is 2.34. The molecule has 0 bridgehead atoms. The fourth-order valence-corrected chi connectivity index (χ4v) is 2.54. The maximum absolute atomic E-state index is 11.5. The molecule has 1 saturated heterocycles. The summed E-state index contributed by atoms with van der Waals surface area (Å²) in [5.41, 5.74) is -0.472. The number of aryl methyl sites for hydroxylation is 1. The number of hydrogen-bond acceptors (Lipinski definition) is 6. The van der Waals surface area contributed by atoms with E-state index in [4.69, 9.17) is 9.26 Å². The van der Waals surface area contributed by atoms with Crippen molar-refractivity contribution in [3.05, 3.63) is 11.7 Å². The minimum Gasteiger partial charge on any atom is -0.444 e. The van der Waals surface area contributed by atoms with Crippen molar-refractivity contribution in [1.82, 2.24) is 20.4 Å². The molecule has 1 aromatic rings. The maximum atomic E-state index is 11.5. The molecule has 0 atom stereocenters. The monoisotopic (exact) mass is 324 g/mol. The summed E-state index contributed by atoms with van der Waals surface area (Å²) in [6.07, 6.45) is 3.19. The summed E-state index contributed by atoms with van der Waals surface area (Å²) >= 11 is 0. The van der Waals surface area contributed by atoms with E-state index < -0.39 is 11.7 Å². The maximum Gasteiger partial charge on any atom is 0.407 e. The average Bonchev–Trinajstić information content (AvgIpc) is 2.91. The Balaban J connectivity index is 1.68. The molecule has 1 N–H and O–H groups in total. The highest BCUT2D eigenvalue weighted by atomic mass is 16.6. The van der Waals surface area contributed by atoms with Gasteiger partial charge in [-0.1, -0.05) is 5.16 Å². The van der Waals surface area contributed by atoms with E-state index in [1.165, 1.54) is 0 Å². The second-order valence-corrected chi connectivity index (χ2v) is 7.16. The fraction of sp³-hybridized carbons (Fsp3) is 0.812. The van der Waals surface area contributed by atoms with Crippen LogP contribution < -0.4 is 5.32 Å². The molecule has 0 spiro atoms. The number of carbonyl (C=O) groups is 1. The summed E-state index contributed by atoms with van der Waals surface area (Å²) in [5.74, 6) is 1.85. The van der Waals surface area contributed by atoms with Gasteiger partial charge in [-0.05, 0) is 60.2 Å². The van der Waals surface area contributed by atoms with Crippen LogP contribution in [-0.4, -0.2) is 53.4 Å². The number of ether oxygens (including phenoxy) is 1. The smallest absolute Gasteiger partial charge is 0.407 e. The zero-order chi connectivity index (χ0) is 16.9. The van der Waals surface area contributed by atoms with Crippen molar-refractivity contribution in [2.75, 3.05) is 26.7 Å². The Morgan fingerprint density at radius 3 is 2.74 bits per heavy atom. The van der Waals surface area contributed by atoms with E-state index in [2.05, 4.69) is 27.4 Å². The van der Waals surface area contributed by atoms with Crippen LogP contribution in [0.5, 0.6) is 0 Å². The highest BCUT2D eigenvalue weighted by Crippen LogP contribution is 2.26. The number of alkyl carbamates (subject to hydrolysis) is 1. The molecule has 7 nitrogen and oxygen atoms in total. The van der Waals surface area contributed by atoms with E-state index >= 15 is 0 Å². The van der Waals surface area contributed by atoms with Gasteiger partial charge in [0.15, 0.2) is 5.82 Å². The number of rotatable bonds is 5. The Morgan fingerprint density at radius 1 is 1.39 bits per heavy atom. The van der Waals surface area contributed by atoms with Gasteiger partial charge in [0.05, 0.1) is 0 Å². The van der Waals surface area contributed by atoms with Crippen molar-refractivity contribution in [2.45, 2.75) is 58.0 Å². The average molecular weight is 324 g/mol. The number of piperidine rings is 1. The number of hydrogen-bond donors (Lipinski definition) is 1. The van der Waals surface area contributed by atoms with Crippen molar-refractivity contribution < 1.29 is 14.1 Å². The second-order valence-electron chi connectivity index (χ2n) is 7.16. The van der Waals surface area contributed by atoms with Gasteiger partial charge >= 0.3 is 6.09 Å². The van der Waals surface area contributed by atoms with Gasteiger partial charge in [-0.25, -0.2) is 4.79 Å². The van der Waals surface area contributed by atoms with Crippen molar-refractivity contribution in [3.8, 4) is 0 Å². The van der Waals surface area contributed by atoms with Gasteiger partial charge in [0.25, 0.3) is 0 Å². The van der Waals surface area contributed by atoms with Crippen LogP contribution in [0.1, 0.15) is 57.7 Å². The van der Waals surface area contributed by atoms with Gasteiger partial charge in [0.2, 0.25) is 5.89 Å². The Morgan fingerprint density at radius 2 is 2.09 bits per heavy atom. The third kappa shape index (κ3) is 6.17. The van der Waals surface area contributed by atoms with Crippen LogP contribution in [-0.2, 0) is 11.2 Å². The van der Waals surface area contributed by atoms with Gasteiger partial charge in [0.1, 0.15) is 5.60 Å². The zero-order valence-electron chi connectivity index (χ0n) is 14.6. The molecule has 2 heterocycles. The fourth-order valence-electron chi connectivity index (χ4n) is 2.54. The lowest BCUT2D eigenvalue weighted by atomic mass is 9.97. The SMILES string of the molecule is CN1CCC(c2nc(CCCNC(=O)OC(C)(C)C)no2)CC1. The summed E-state index contributed by atoms with van der Waals surface area (Å²) in [6.45, 7) is 8.21. The van der Waals surface area contributed by atoms with Crippen LogP contribution in [0.4, 0.5) is 4.79 Å². The second kappa shape index (κ2) is 7.77. The Bertz CT molecular complexity index is 502. The molecular formula is C16H28N4O3. The third-order valence-corrected chi connectivity index (χ3v) is 3.80. The largest absolute Gasteiger partial charge is 0.444 e. The van der Waals surface area contributed by atoms with E-state index in [1.807, 2.05) is 20.8 Å². The van der Waals surface area contributed by atoms with Crippen LogP contribution in [0, 0.1) is 0 Å². The van der Waals surface area contributed by atoms with Crippen LogP contribution >= 0.6 is 0 Å². The molecule has 0 aliphatic carbocycles. The normalized spacial score (nSPS) is 17.2. The zero-order valence-corrected chi connectivity index (χ0v) is 14.6. The van der Waals surface area contributed by atoms with Crippen molar-refractivity contribution >= 4 is 6.09 Å². The Hall–Kier alpha value is -1.63. The van der Waals surface area contributed by atoms with Crippen LogP contribution in [0.3, 0.4) is 0 Å². The number of amides is 1. The molecule has 23 heavy (non-hydrogen) atoms. The Kier molecular flexibility index (Phi) is 5.98. The van der Waals surface area contributed by atoms with Crippen LogP contribution in [0.2, 0.25) is 0 Å². The molecule has 7 heteroatoms. The number of aromatic nitrogens is 2. The molecule has 130 valence electrons.